The molecule has 0 heterocycles. The van der Waals surface area contributed by atoms with E-state index in [0.29, 0.717) is 12.8 Å². The third-order valence-electron chi connectivity index (χ3n) is 2.15. The van der Waals surface area contributed by atoms with Crippen LogP contribution in [0.1, 0.15) is 32.1 Å². The van der Waals surface area contributed by atoms with Crippen molar-refractivity contribution in [2.75, 3.05) is 0 Å². The van der Waals surface area contributed by atoms with Gasteiger partial charge in [0.05, 0.1) is 0 Å². The smallest absolute Gasteiger partial charge is 0.215 e. The Morgan fingerprint density at radius 2 is 1.79 bits per heavy atom. The zero-order valence-electron chi connectivity index (χ0n) is 7.47. The van der Waals surface area contributed by atoms with Crippen molar-refractivity contribution in [1.82, 2.24) is 0 Å². The highest BCUT2D eigenvalue weighted by Gasteiger charge is 2.47. The highest BCUT2D eigenvalue weighted by molar-refractivity contribution is 7.96. The van der Waals surface area contributed by atoms with E-state index in [9.17, 15) is 21.6 Å². The molecule has 82 valence electrons. The molecule has 0 radical (unpaired) electrons. The molecular formula is C8H11F3O2S. The van der Waals surface area contributed by atoms with Gasteiger partial charge in [0.25, 0.3) is 9.84 Å². The quantitative estimate of drug-likeness (QED) is 0.691. The average Bonchev–Trinajstić information content (AvgIpc) is 2.29. The average molecular weight is 228 g/mol. The van der Waals surface area contributed by atoms with Gasteiger partial charge < -0.3 is 0 Å². The number of hydrogen-bond donors (Lipinski definition) is 0. The first-order valence-electron chi connectivity index (χ1n) is 4.36. The molecule has 0 spiro atoms. The fourth-order valence-corrected chi connectivity index (χ4v) is 2.43. The zero-order chi connectivity index (χ0) is 10.8. The SMILES string of the molecule is O=S(=O)(C1=CCCCCC1)C(F)(F)F. The third kappa shape index (κ3) is 2.29. The second-order valence-corrected chi connectivity index (χ2v) is 5.21. The van der Waals surface area contributed by atoms with Crippen molar-refractivity contribution in [3.63, 3.8) is 0 Å². The van der Waals surface area contributed by atoms with Crippen LogP contribution < -0.4 is 0 Å². The molecule has 0 saturated heterocycles. The van der Waals surface area contributed by atoms with Crippen LogP contribution in [0.5, 0.6) is 0 Å². The normalized spacial score (nSPS) is 20.1. The molecule has 14 heavy (non-hydrogen) atoms. The molecule has 0 atom stereocenters. The molecule has 0 fully saturated rings. The molecule has 6 heteroatoms. The van der Waals surface area contributed by atoms with Gasteiger partial charge in [-0.1, -0.05) is 12.5 Å². The van der Waals surface area contributed by atoms with E-state index in [1.807, 2.05) is 0 Å². The van der Waals surface area contributed by atoms with Crippen molar-refractivity contribution in [3.05, 3.63) is 11.0 Å². The monoisotopic (exact) mass is 228 g/mol. The lowest BCUT2D eigenvalue weighted by Gasteiger charge is -2.10. The number of halogens is 3. The van der Waals surface area contributed by atoms with Crippen molar-refractivity contribution in [2.24, 2.45) is 0 Å². The van der Waals surface area contributed by atoms with Gasteiger partial charge in [0.2, 0.25) is 0 Å². The molecule has 0 aliphatic heterocycles. The summed E-state index contributed by atoms with van der Waals surface area (Å²) in [6, 6.07) is 0. The van der Waals surface area contributed by atoms with Crippen LogP contribution in [-0.4, -0.2) is 13.9 Å². The molecule has 0 aromatic heterocycles. The van der Waals surface area contributed by atoms with Crippen LogP contribution in [0.3, 0.4) is 0 Å². The Balaban J connectivity index is 2.97. The van der Waals surface area contributed by atoms with Crippen molar-refractivity contribution < 1.29 is 21.6 Å². The molecule has 2 nitrogen and oxygen atoms in total. The summed E-state index contributed by atoms with van der Waals surface area (Å²) in [5, 5.41) is 0. The first-order chi connectivity index (χ1) is 6.36. The maximum atomic E-state index is 12.1. The molecule has 0 N–H and O–H groups in total. The minimum Gasteiger partial charge on any atom is -0.215 e. The van der Waals surface area contributed by atoms with Crippen molar-refractivity contribution >= 4 is 9.84 Å². The minimum absolute atomic E-state index is 0.0157. The Bertz CT molecular complexity index is 327. The number of allylic oxidation sites excluding steroid dienone is 2. The van der Waals surface area contributed by atoms with Crippen LogP contribution in [0.25, 0.3) is 0 Å². The Morgan fingerprint density at radius 1 is 1.14 bits per heavy atom. The van der Waals surface area contributed by atoms with Crippen molar-refractivity contribution in [3.8, 4) is 0 Å². The predicted octanol–water partition coefficient (Wildman–Crippen LogP) is 2.77. The second-order valence-electron chi connectivity index (χ2n) is 3.22. The van der Waals surface area contributed by atoms with Crippen LogP contribution in [0, 0.1) is 0 Å². The summed E-state index contributed by atoms with van der Waals surface area (Å²) in [6.07, 6.45) is 3.70. The first kappa shape index (κ1) is 11.6. The summed E-state index contributed by atoms with van der Waals surface area (Å²) in [5.41, 5.74) is -5.15. The fraction of sp³-hybridized carbons (Fsp3) is 0.750. The summed E-state index contributed by atoms with van der Waals surface area (Å²) in [6.45, 7) is 0. The van der Waals surface area contributed by atoms with Crippen molar-refractivity contribution in [1.29, 1.82) is 0 Å². The second kappa shape index (κ2) is 3.92. The summed E-state index contributed by atoms with van der Waals surface area (Å²) >= 11 is 0. The first-order valence-corrected chi connectivity index (χ1v) is 5.84. The van der Waals surface area contributed by atoms with E-state index in [-0.39, 0.29) is 6.42 Å². The Hall–Kier alpha value is -0.520. The molecule has 1 aliphatic carbocycles. The predicted molar refractivity (Wildman–Crippen MR) is 46.1 cm³/mol. The number of rotatable bonds is 1. The minimum atomic E-state index is -5.15. The van der Waals surface area contributed by atoms with Crippen molar-refractivity contribution in [2.45, 2.75) is 37.6 Å². The molecule has 1 rings (SSSR count). The zero-order valence-corrected chi connectivity index (χ0v) is 8.29. The van der Waals surface area contributed by atoms with Gasteiger partial charge in [-0.2, -0.15) is 13.2 Å². The lowest BCUT2D eigenvalue weighted by Crippen LogP contribution is -2.24. The van der Waals surface area contributed by atoms with Gasteiger partial charge in [0.1, 0.15) is 0 Å². The molecule has 0 aromatic rings. The largest absolute Gasteiger partial charge is 0.501 e. The number of hydrogen-bond acceptors (Lipinski definition) is 2. The van der Waals surface area contributed by atoms with Gasteiger partial charge in [-0.3, -0.25) is 0 Å². The van der Waals surface area contributed by atoms with E-state index in [0.717, 1.165) is 12.8 Å². The maximum Gasteiger partial charge on any atom is 0.501 e. The van der Waals surface area contributed by atoms with E-state index in [4.69, 9.17) is 0 Å². The molecule has 1 aliphatic rings. The number of sulfone groups is 1. The van der Waals surface area contributed by atoms with E-state index in [2.05, 4.69) is 0 Å². The van der Waals surface area contributed by atoms with Gasteiger partial charge in [-0.05, 0) is 25.7 Å². The van der Waals surface area contributed by atoms with Crippen LogP contribution in [-0.2, 0) is 9.84 Å². The molecular weight excluding hydrogens is 217 g/mol. The van der Waals surface area contributed by atoms with Gasteiger partial charge in [-0.15, -0.1) is 0 Å². The Kier molecular flexibility index (Phi) is 3.24. The fourth-order valence-electron chi connectivity index (χ4n) is 1.38. The summed E-state index contributed by atoms with van der Waals surface area (Å²) in [4.78, 5) is -0.456. The van der Waals surface area contributed by atoms with E-state index in [1.54, 1.807) is 0 Å². The van der Waals surface area contributed by atoms with Crippen LogP contribution >= 0.6 is 0 Å². The molecule has 0 unspecified atom stereocenters. The lowest BCUT2D eigenvalue weighted by atomic mass is 10.2. The maximum absolute atomic E-state index is 12.1. The topological polar surface area (TPSA) is 34.1 Å². The van der Waals surface area contributed by atoms with E-state index in [1.165, 1.54) is 6.08 Å². The van der Waals surface area contributed by atoms with Crippen LogP contribution in [0.4, 0.5) is 13.2 Å². The molecule has 0 amide bonds. The van der Waals surface area contributed by atoms with Gasteiger partial charge in [0.15, 0.2) is 0 Å². The summed E-state index contributed by atoms with van der Waals surface area (Å²) in [7, 11) is -5.06. The third-order valence-corrected chi connectivity index (χ3v) is 3.82. The summed E-state index contributed by atoms with van der Waals surface area (Å²) < 4.78 is 58.3. The molecule has 0 aromatic carbocycles. The van der Waals surface area contributed by atoms with Crippen LogP contribution in [0.15, 0.2) is 11.0 Å². The number of alkyl halides is 3. The van der Waals surface area contributed by atoms with E-state index >= 15 is 0 Å². The lowest BCUT2D eigenvalue weighted by molar-refractivity contribution is -0.0427. The van der Waals surface area contributed by atoms with Gasteiger partial charge in [0, 0.05) is 4.91 Å². The van der Waals surface area contributed by atoms with E-state index < -0.39 is 20.3 Å². The molecule has 0 bridgehead atoms. The Morgan fingerprint density at radius 3 is 2.36 bits per heavy atom. The highest BCUT2D eigenvalue weighted by atomic mass is 32.2. The van der Waals surface area contributed by atoms with Gasteiger partial charge >= 0.3 is 5.51 Å². The standard InChI is InChI=1S/C8H11F3O2S/c9-8(10,11)14(12,13)7-5-3-1-2-4-6-7/h5H,1-4,6H2. The molecule has 0 saturated carbocycles. The van der Waals surface area contributed by atoms with Gasteiger partial charge in [-0.25, -0.2) is 8.42 Å². The highest BCUT2D eigenvalue weighted by Crippen LogP contribution is 2.33. The Labute approximate surface area is 80.7 Å². The summed E-state index contributed by atoms with van der Waals surface area (Å²) in [5.74, 6) is 0. The van der Waals surface area contributed by atoms with Crippen LogP contribution in [0.2, 0.25) is 0 Å².